The Bertz CT molecular complexity index is 303. The van der Waals surface area contributed by atoms with Crippen molar-refractivity contribution in [1.82, 2.24) is 15.1 Å². The number of hydrogen-bond acceptors (Lipinski definition) is 4. The van der Waals surface area contributed by atoms with Gasteiger partial charge in [-0.25, -0.2) is 0 Å². The van der Waals surface area contributed by atoms with Gasteiger partial charge < -0.3 is 19.9 Å². The topological polar surface area (TPSA) is 44.8 Å². The van der Waals surface area contributed by atoms with Crippen LogP contribution < -0.4 is 5.32 Å². The number of hydrogen-bond donors (Lipinski definition) is 1. The fraction of sp³-hybridized carbons (Fsp3) is 0.933. The first-order valence-electron chi connectivity index (χ1n) is 7.86. The molecule has 1 amide bonds. The molecule has 0 aromatic carbocycles. The summed E-state index contributed by atoms with van der Waals surface area (Å²) in [5.41, 5.74) is 0. The van der Waals surface area contributed by atoms with E-state index in [1.54, 1.807) is 0 Å². The quantitative estimate of drug-likeness (QED) is 0.812. The molecular weight excluding hydrogens is 254 g/mol. The average Bonchev–Trinajstić information content (AvgIpc) is 2.65. The van der Waals surface area contributed by atoms with E-state index >= 15 is 0 Å². The molecular formula is C15H29N3O2. The molecule has 0 radical (unpaired) electrons. The van der Waals surface area contributed by atoms with Crippen molar-refractivity contribution in [1.29, 1.82) is 0 Å². The van der Waals surface area contributed by atoms with Gasteiger partial charge in [0.2, 0.25) is 5.91 Å². The van der Waals surface area contributed by atoms with Gasteiger partial charge in [0, 0.05) is 32.0 Å². The molecule has 2 aliphatic heterocycles. The molecule has 2 aliphatic rings. The maximum absolute atomic E-state index is 12.5. The molecule has 0 spiro atoms. The lowest BCUT2D eigenvalue weighted by atomic mass is 9.94. The Morgan fingerprint density at radius 1 is 1.30 bits per heavy atom. The van der Waals surface area contributed by atoms with Gasteiger partial charge in [0.05, 0.1) is 13.2 Å². The van der Waals surface area contributed by atoms with Crippen LogP contribution in [0.5, 0.6) is 0 Å². The molecule has 0 saturated carbocycles. The maximum atomic E-state index is 12.5. The number of carbonyl (C=O) groups excluding carboxylic acids is 1. The van der Waals surface area contributed by atoms with E-state index in [0.717, 1.165) is 58.6 Å². The Morgan fingerprint density at radius 2 is 2.05 bits per heavy atom. The zero-order valence-electron chi connectivity index (χ0n) is 12.9. The lowest BCUT2D eigenvalue weighted by Gasteiger charge is -2.28. The molecule has 0 aliphatic carbocycles. The molecule has 1 atom stereocenters. The van der Waals surface area contributed by atoms with Crippen LogP contribution in [0.25, 0.3) is 0 Å². The third-order valence-corrected chi connectivity index (χ3v) is 4.24. The van der Waals surface area contributed by atoms with E-state index < -0.39 is 0 Å². The Labute approximate surface area is 122 Å². The van der Waals surface area contributed by atoms with Gasteiger partial charge in [-0.1, -0.05) is 0 Å². The van der Waals surface area contributed by atoms with Crippen LogP contribution in [0.1, 0.15) is 19.3 Å². The molecule has 116 valence electrons. The summed E-state index contributed by atoms with van der Waals surface area (Å²) < 4.78 is 5.65. The Hall–Kier alpha value is -0.650. The van der Waals surface area contributed by atoms with Crippen molar-refractivity contribution >= 4 is 5.91 Å². The van der Waals surface area contributed by atoms with Gasteiger partial charge >= 0.3 is 0 Å². The molecule has 0 aromatic rings. The minimum atomic E-state index is 0.325. The number of nitrogens with zero attached hydrogens (tertiary/aromatic N) is 2. The summed E-state index contributed by atoms with van der Waals surface area (Å²) in [7, 11) is 4.15. The predicted molar refractivity (Wildman–Crippen MR) is 79.7 cm³/mol. The highest BCUT2D eigenvalue weighted by Gasteiger charge is 2.25. The zero-order valence-corrected chi connectivity index (χ0v) is 12.9. The van der Waals surface area contributed by atoms with E-state index in [1.807, 2.05) is 4.90 Å². The Morgan fingerprint density at radius 3 is 2.75 bits per heavy atom. The van der Waals surface area contributed by atoms with Gasteiger partial charge in [-0.05, 0) is 45.9 Å². The summed E-state index contributed by atoms with van der Waals surface area (Å²) in [5.74, 6) is 1.33. The summed E-state index contributed by atoms with van der Waals surface area (Å²) in [6.07, 6.45) is 2.99. The molecule has 5 nitrogen and oxygen atoms in total. The van der Waals surface area contributed by atoms with Gasteiger partial charge in [-0.15, -0.1) is 0 Å². The van der Waals surface area contributed by atoms with Crippen molar-refractivity contribution in [3.8, 4) is 0 Å². The second kappa shape index (κ2) is 7.96. The third-order valence-electron chi connectivity index (χ3n) is 4.24. The van der Waals surface area contributed by atoms with Gasteiger partial charge in [0.25, 0.3) is 0 Å². The minimum Gasteiger partial charge on any atom is -0.379 e. The zero-order chi connectivity index (χ0) is 14.4. The number of amides is 1. The van der Waals surface area contributed by atoms with Crippen LogP contribution in [0, 0.1) is 11.8 Å². The second-order valence-electron chi connectivity index (χ2n) is 6.44. The van der Waals surface area contributed by atoms with Gasteiger partial charge in [0.1, 0.15) is 0 Å². The summed E-state index contributed by atoms with van der Waals surface area (Å²) >= 11 is 0. The van der Waals surface area contributed by atoms with Gasteiger partial charge in [0.15, 0.2) is 0 Å². The molecule has 5 heteroatoms. The first-order valence-corrected chi connectivity index (χ1v) is 7.86. The Balaban J connectivity index is 1.83. The molecule has 0 bridgehead atoms. The van der Waals surface area contributed by atoms with Crippen LogP contribution in [0.4, 0.5) is 0 Å². The fourth-order valence-corrected chi connectivity index (χ4v) is 3.20. The van der Waals surface area contributed by atoms with Crippen LogP contribution in [-0.4, -0.2) is 75.7 Å². The Kier molecular flexibility index (Phi) is 6.26. The third kappa shape index (κ3) is 5.04. The van der Waals surface area contributed by atoms with Crippen LogP contribution >= 0.6 is 0 Å². The van der Waals surface area contributed by atoms with Crippen molar-refractivity contribution in [2.45, 2.75) is 19.3 Å². The van der Waals surface area contributed by atoms with Crippen molar-refractivity contribution in [2.24, 2.45) is 11.8 Å². The lowest BCUT2D eigenvalue weighted by Crippen LogP contribution is -2.40. The van der Waals surface area contributed by atoms with Crippen molar-refractivity contribution in [3.63, 3.8) is 0 Å². The second-order valence-corrected chi connectivity index (χ2v) is 6.44. The smallest absolute Gasteiger partial charge is 0.222 e. The first-order chi connectivity index (χ1) is 9.65. The highest BCUT2D eigenvalue weighted by molar-refractivity contribution is 5.76. The van der Waals surface area contributed by atoms with E-state index in [4.69, 9.17) is 4.74 Å². The van der Waals surface area contributed by atoms with E-state index in [0.29, 0.717) is 24.3 Å². The molecule has 1 N–H and O–H groups in total. The first kappa shape index (κ1) is 15.7. The summed E-state index contributed by atoms with van der Waals surface area (Å²) in [4.78, 5) is 16.7. The van der Waals surface area contributed by atoms with Crippen molar-refractivity contribution in [2.75, 3.05) is 60.0 Å². The minimum absolute atomic E-state index is 0.325. The molecule has 2 heterocycles. The molecule has 0 aromatic heterocycles. The van der Waals surface area contributed by atoms with Crippen LogP contribution in [-0.2, 0) is 9.53 Å². The normalized spacial score (nSPS) is 25.8. The number of ether oxygens (including phenoxy) is 1. The summed E-state index contributed by atoms with van der Waals surface area (Å²) in [6.45, 7) is 6.17. The largest absolute Gasteiger partial charge is 0.379 e. The van der Waals surface area contributed by atoms with E-state index in [-0.39, 0.29) is 0 Å². The molecule has 2 saturated heterocycles. The van der Waals surface area contributed by atoms with E-state index in [2.05, 4.69) is 24.3 Å². The number of rotatable bonds is 4. The number of piperidine rings is 1. The average molecular weight is 283 g/mol. The van der Waals surface area contributed by atoms with Gasteiger partial charge in [-0.3, -0.25) is 4.79 Å². The molecule has 1 unspecified atom stereocenters. The molecule has 20 heavy (non-hydrogen) atoms. The molecule has 2 rings (SSSR count). The summed E-state index contributed by atoms with van der Waals surface area (Å²) in [5, 5.41) is 3.36. The monoisotopic (exact) mass is 283 g/mol. The van der Waals surface area contributed by atoms with Gasteiger partial charge in [-0.2, -0.15) is 0 Å². The standard InChI is InChI=1S/C15H29N3O2/c1-17(2)10-14-11-18(7-8-20-12-14)15(19)9-13-3-5-16-6-4-13/h13-14,16H,3-12H2,1-2H3. The van der Waals surface area contributed by atoms with E-state index in [1.165, 1.54) is 0 Å². The van der Waals surface area contributed by atoms with Crippen LogP contribution in [0.2, 0.25) is 0 Å². The number of carbonyl (C=O) groups is 1. The van der Waals surface area contributed by atoms with Crippen LogP contribution in [0.15, 0.2) is 0 Å². The highest BCUT2D eigenvalue weighted by atomic mass is 16.5. The lowest BCUT2D eigenvalue weighted by molar-refractivity contribution is -0.132. The number of nitrogens with one attached hydrogen (secondary N) is 1. The fourth-order valence-electron chi connectivity index (χ4n) is 3.20. The highest BCUT2D eigenvalue weighted by Crippen LogP contribution is 2.18. The van der Waals surface area contributed by atoms with Crippen molar-refractivity contribution < 1.29 is 9.53 Å². The van der Waals surface area contributed by atoms with Crippen molar-refractivity contribution in [3.05, 3.63) is 0 Å². The predicted octanol–water partition coefficient (Wildman–Crippen LogP) is 0.413. The van der Waals surface area contributed by atoms with Crippen LogP contribution in [0.3, 0.4) is 0 Å². The summed E-state index contributed by atoms with van der Waals surface area (Å²) in [6, 6.07) is 0. The maximum Gasteiger partial charge on any atom is 0.222 e. The molecule has 2 fully saturated rings. The van der Waals surface area contributed by atoms with E-state index in [9.17, 15) is 4.79 Å². The SMILES string of the molecule is CN(C)CC1COCCN(C(=O)CC2CCNCC2)C1.